The lowest BCUT2D eigenvalue weighted by molar-refractivity contribution is -0.140. The first kappa shape index (κ1) is 28.8. The first-order valence-corrected chi connectivity index (χ1v) is 12.8. The summed E-state index contributed by atoms with van der Waals surface area (Å²) in [6.45, 7) is 12.5. The number of likely N-dealkylation sites (tertiary alicyclic amines) is 1. The Labute approximate surface area is 215 Å². The van der Waals surface area contributed by atoms with Crippen LogP contribution in [0.1, 0.15) is 64.6 Å². The van der Waals surface area contributed by atoms with Gasteiger partial charge in [0.25, 0.3) is 0 Å². The fraction of sp³-hybridized carbons (Fsp3) is 0.448. The first-order valence-electron chi connectivity index (χ1n) is 12.8. The van der Waals surface area contributed by atoms with Crippen molar-refractivity contribution in [2.45, 2.75) is 72.5 Å². The summed E-state index contributed by atoms with van der Waals surface area (Å²) in [4.78, 5) is 32.4. The van der Waals surface area contributed by atoms with Crippen LogP contribution in [0.5, 0.6) is 0 Å². The van der Waals surface area contributed by atoms with E-state index in [1.54, 1.807) is 4.90 Å². The normalized spacial score (nSPS) is 17.2. The molecule has 0 aromatic heterocycles. The van der Waals surface area contributed by atoms with Crippen molar-refractivity contribution in [2.75, 3.05) is 6.54 Å². The van der Waals surface area contributed by atoms with Crippen LogP contribution < -0.4 is 11.2 Å². The van der Waals surface area contributed by atoms with Gasteiger partial charge in [0, 0.05) is 12.8 Å². The number of amides is 2. The molecule has 2 aromatic carbocycles. The molecular weight excluding hydrogens is 450 g/mol. The van der Waals surface area contributed by atoms with E-state index in [0.717, 1.165) is 17.5 Å². The van der Waals surface area contributed by atoms with Crippen molar-refractivity contribution < 1.29 is 9.59 Å². The summed E-state index contributed by atoms with van der Waals surface area (Å²) in [7, 11) is 0. The number of carbonyl (C=O) groups excluding carboxylic acids is 2. The van der Waals surface area contributed by atoms with Crippen LogP contribution in [-0.4, -0.2) is 47.8 Å². The van der Waals surface area contributed by atoms with Crippen LogP contribution in [0.15, 0.2) is 58.6 Å². The molecule has 3 rings (SSSR count). The van der Waals surface area contributed by atoms with Crippen LogP contribution in [0, 0.1) is 12.8 Å². The number of benzene rings is 2. The monoisotopic (exact) mass is 491 g/mol. The first-order chi connectivity index (χ1) is 17.3. The third-order valence-corrected chi connectivity index (χ3v) is 6.35. The van der Waals surface area contributed by atoms with Crippen LogP contribution >= 0.6 is 0 Å². The van der Waals surface area contributed by atoms with Gasteiger partial charge >= 0.3 is 0 Å². The Morgan fingerprint density at radius 3 is 2.33 bits per heavy atom. The van der Waals surface area contributed by atoms with E-state index < -0.39 is 12.1 Å². The van der Waals surface area contributed by atoms with Crippen molar-refractivity contribution in [2.24, 2.45) is 21.9 Å². The van der Waals surface area contributed by atoms with Gasteiger partial charge in [-0.25, -0.2) is 0 Å². The lowest BCUT2D eigenvalue weighted by Gasteiger charge is -2.29. The van der Waals surface area contributed by atoms with E-state index in [4.69, 9.17) is 5.84 Å². The number of aliphatic imine (C=N–C) groups is 1. The second-order valence-corrected chi connectivity index (χ2v) is 9.14. The van der Waals surface area contributed by atoms with E-state index in [0.29, 0.717) is 13.0 Å². The van der Waals surface area contributed by atoms with E-state index in [1.165, 1.54) is 23.6 Å². The zero-order valence-electron chi connectivity index (χ0n) is 22.4. The van der Waals surface area contributed by atoms with Gasteiger partial charge in [-0.05, 0) is 54.9 Å². The van der Waals surface area contributed by atoms with E-state index in [-0.39, 0.29) is 23.8 Å². The SMILES string of the molecule is CC.Cc1ccccc1-c1ccc(C(C)NC(=O)C2CCCN2C(=O)C(N=C/C=N\N)C(C)C)cc1. The second kappa shape index (κ2) is 14.2. The topological polar surface area (TPSA) is 100 Å². The highest BCUT2D eigenvalue weighted by molar-refractivity contribution is 6.16. The van der Waals surface area contributed by atoms with Crippen molar-refractivity contribution in [3.05, 3.63) is 59.7 Å². The molecule has 7 heteroatoms. The smallest absolute Gasteiger partial charge is 0.248 e. The van der Waals surface area contributed by atoms with Gasteiger partial charge in [0.15, 0.2) is 0 Å². The van der Waals surface area contributed by atoms with Gasteiger partial charge in [-0.2, -0.15) is 5.10 Å². The van der Waals surface area contributed by atoms with Gasteiger partial charge in [-0.1, -0.05) is 76.2 Å². The van der Waals surface area contributed by atoms with Gasteiger partial charge < -0.3 is 16.1 Å². The maximum absolute atomic E-state index is 13.2. The standard InChI is InChI=1S/C27H35N5O2.C2H6/c1-18(2)25(29-15-16-30-28)27(34)32-17-7-10-24(32)26(33)31-20(4)21-11-13-22(14-12-21)23-9-6-5-8-19(23)3;1-2/h5-6,8-9,11-16,18,20,24-25H,7,10,17,28H2,1-4H3,(H,31,33);1-2H3/b29-15?,30-16-;. The van der Waals surface area contributed by atoms with Gasteiger partial charge in [0.05, 0.1) is 12.3 Å². The van der Waals surface area contributed by atoms with Gasteiger partial charge in [-0.3, -0.25) is 14.6 Å². The largest absolute Gasteiger partial charge is 0.348 e. The highest BCUT2D eigenvalue weighted by atomic mass is 16.2. The predicted octanol–water partition coefficient (Wildman–Crippen LogP) is 4.90. The average Bonchev–Trinajstić information content (AvgIpc) is 3.38. The minimum atomic E-state index is -0.571. The average molecular weight is 492 g/mol. The van der Waals surface area contributed by atoms with Crippen molar-refractivity contribution >= 4 is 24.2 Å². The number of hydrogen-bond acceptors (Lipinski definition) is 5. The van der Waals surface area contributed by atoms with Crippen LogP contribution in [0.2, 0.25) is 0 Å². The maximum Gasteiger partial charge on any atom is 0.248 e. The number of rotatable bonds is 8. The van der Waals surface area contributed by atoms with Crippen LogP contribution in [0.4, 0.5) is 0 Å². The highest BCUT2D eigenvalue weighted by Crippen LogP contribution is 2.26. The zero-order chi connectivity index (χ0) is 26.7. The quantitative estimate of drug-likeness (QED) is 0.312. The van der Waals surface area contributed by atoms with E-state index in [1.807, 2.05) is 58.9 Å². The number of hydrazone groups is 1. The van der Waals surface area contributed by atoms with Crippen LogP contribution in [0.3, 0.4) is 0 Å². The summed E-state index contributed by atoms with van der Waals surface area (Å²) in [5, 5.41) is 6.50. The molecule has 3 N–H and O–H groups in total. The number of hydrogen-bond donors (Lipinski definition) is 2. The summed E-state index contributed by atoms with van der Waals surface area (Å²) in [5.74, 6) is 4.85. The molecule has 1 fully saturated rings. The molecule has 3 unspecified atom stereocenters. The number of aryl methyl sites for hydroxylation is 1. The van der Waals surface area contributed by atoms with Gasteiger partial charge in [0.1, 0.15) is 12.1 Å². The minimum absolute atomic E-state index is 0.00933. The van der Waals surface area contributed by atoms with E-state index >= 15 is 0 Å². The molecule has 0 bridgehead atoms. The lowest BCUT2D eigenvalue weighted by atomic mass is 9.98. The Bertz CT molecular complexity index is 1050. The Hall–Kier alpha value is -3.48. The van der Waals surface area contributed by atoms with Crippen molar-refractivity contribution in [1.82, 2.24) is 10.2 Å². The summed E-state index contributed by atoms with van der Waals surface area (Å²) in [6, 6.07) is 15.3. The van der Waals surface area contributed by atoms with Crippen molar-refractivity contribution in [3.8, 4) is 11.1 Å². The van der Waals surface area contributed by atoms with E-state index in [2.05, 4.69) is 46.6 Å². The predicted molar refractivity (Wildman–Crippen MR) is 149 cm³/mol. The summed E-state index contributed by atoms with van der Waals surface area (Å²) >= 11 is 0. The molecule has 0 radical (unpaired) electrons. The molecular formula is C29H41N5O2. The number of carbonyl (C=O) groups is 2. The summed E-state index contributed by atoms with van der Waals surface area (Å²) in [5.41, 5.74) is 4.59. The summed E-state index contributed by atoms with van der Waals surface area (Å²) in [6.07, 6.45) is 4.23. The zero-order valence-corrected chi connectivity index (χ0v) is 22.4. The van der Waals surface area contributed by atoms with Crippen molar-refractivity contribution in [1.29, 1.82) is 0 Å². The fourth-order valence-corrected chi connectivity index (χ4v) is 4.40. The Kier molecular flexibility index (Phi) is 11.3. The molecule has 7 nitrogen and oxygen atoms in total. The second-order valence-electron chi connectivity index (χ2n) is 9.14. The van der Waals surface area contributed by atoms with Gasteiger partial charge in [-0.15, -0.1) is 0 Å². The lowest BCUT2D eigenvalue weighted by Crippen LogP contribution is -2.50. The molecule has 0 saturated carbocycles. The fourth-order valence-electron chi connectivity index (χ4n) is 4.40. The van der Waals surface area contributed by atoms with Gasteiger partial charge in [0.2, 0.25) is 11.8 Å². The molecule has 1 aliphatic heterocycles. The minimum Gasteiger partial charge on any atom is -0.348 e. The van der Waals surface area contributed by atoms with Crippen LogP contribution in [-0.2, 0) is 9.59 Å². The van der Waals surface area contributed by atoms with Crippen molar-refractivity contribution in [3.63, 3.8) is 0 Å². The number of nitrogens with zero attached hydrogens (tertiary/aromatic N) is 3. The Balaban J connectivity index is 0.00000222. The highest BCUT2D eigenvalue weighted by Gasteiger charge is 2.38. The number of nitrogens with one attached hydrogen (secondary N) is 1. The molecule has 2 aromatic rings. The number of nitrogens with two attached hydrogens (primary N) is 1. The Morgan fingerprint density at radius 1 is 1.06 bits per heavy atom. The molecule has 194 valence electrons. The molecule has 0 aliphatic carbocycles. The molecule has 3 atom stereocenters. The third kappa shape index (κ3) is 7.26. The molecule has 36 heavy (non-hydrogen) atoms. The molecule has 1 heterocycles. The van der Waals surface area contributed by atoms with Crippen LogP contribution in [0.25, 0.3) is 11.1 Å². The van der Waals surface area contributed by atoms with E-state index in [9.17, 15) is 9.59 Å². The summed E-state index contributed by atoms with van der Waals surface area (Å²) < 4.78 is 0. The molecule has 2 amide bonds. The maximum atomic E-state index is 13.2. The molecule has 1 aliphatic rings. The molecule has 1 saturated heterocycles. The molecule has 0 spiro atoms. The Morgan fingerprint density at radius 2 is 1.72 bits per heavy atom. The third-order valence-electron chi connectivity index (χ3n) is 6.35.